The maximum Gasteiger partial charge on any atom is 0.231 e. The van der Waals surface area contributed by atoms with Crippen LogP contribution in [0.2, 0.25) is 0 Å². The van der Waals surface area contributed by atoms with Gasteiger partial charge in [-0.15, -0.1) is 0 Å². The standard InChI is InChI=1S/C18H14O3/c19-17-13(9-8-12-4-1-2-6-15(12)17)10-14-5-3-7-16-18(14)21-11-20-16/h1-7,10H,8-9,11H2/b13-10+. The van der Waals surface area contributed by atoms with E-state index in [2.05, 4.69) is 0 Å². The number of ether oxygens (including phenoxy) is 2. The number of hydrogen-bond acceptors (Lipinski definition) is 3. The van der Waals surface area contributed by atoms with E-state index in [1.165, 1.54) is 0 Å². The van der Waals surface area contributed by atoms with Crippen LogP contribution >= 0.6 is 0 Å². The second-order valence-electron chi connectivity index (χ2n) is 5.24. The van der Waals surface area contributed by atoms with Crippen molar-refractivity contribution < 1.29 is 14.3 Å². The summed E-state index contributed by atoms with van der Waals surface area (Å²) in [6.07, 6.45) is 3.60. The fraction of sp³-hybridized carbons (Fsp3) is 0.167. The molecule has 2 aromatic carbocycles. The summed E-state index contributed by atoms with van der Waals surface area (Å²) >= 11 is 0. The molecule has 0 aromatic heterocycles. The minimum atomic E-state index is 0.119. The van der Waals surface area contributed by atoms with Gasteiger partial charge in [0.05, 0.1) is 0 Å². The fourth-order valence-electron chi connectivity index (χ4n) is 2.91. The number of fused-ring (bicyclic) bond motifs is 2. The molecule has 1 aliphatic heterocycles. The van der Waals surface area contributed by atoms with Crippen molar-refractivity contribution in [2.24, 2.45) is 0 Å². The smallest absolute Gasteiger partial charge is 0.231 e. The van der Waals surface area contributed by atoms with Gasteiger partial charge in [0.15, 0.2) is 17.3 Å². The Morgan fingerprint density at radius 1 is 0.952 bits per heavy atom. The van der Waals surface area contributed by atoms with Crippen molar-refractivity contribution in [2.45, 2.75) is 12.8 Å². The molecule has 0 saturated heterocycles. The number of allylic oxidation sites excluding steroid dienone is 1. The van der Waals surface area contributed by atoms with Crippen molar-refractivity contribution in [3.05, 3.63) is 64.7 Å². The van der Waals surface area contributed by atoms with E-state index in [0.717, 1.165) is 46.6 Å². The third-order valence-corrected chi connectivity index (χ3v) is 3.97. The van der Waals surface area contributed by atoms with Crippen molar-refractivity contribution in [2.75, 3.05) is 6.79 Å². The van der Waals surface area contributed by atoms with Gasteiger partial charge in [-0.25, -0.2) is 0 Å². The molecule has 3 nitrogen and oxygen atoms in total. The number of ketones is 1. The van der Waals surface area contributed by atoms with Crippen LogP contribution in [0, 0.1) is 0 Å². The third-order valence-electron chi connectivity index (χ3n) is 3.97. The lowest BCUT2D eigenvalue weighted by Crippen LogP contribution is -2.13. The SMILES string of the molecule is O=C1/C(=C/c2cccc3c2OCO3)CCc2ccccc21. The first-order chi connectivity index (χ1) is 10.3. The highest BCUT2D eigenvalue weighted by molar-refractivity contribution is 6.13. The van der Waals surface area contributed by atoms with Gasteiger partial charge in [-0.1, -0.05) is 36.4 Å². The first-order valence-corrected chi connectivity index (χ1v) is 7.05. The van der Waals surface area contributed by atoms with Crippen LogP contribution in [0.4, 0.5) is 0 Å². The molecule has 0 N–H and O–H groups in total. The number of carbonyl (C=O) groups excluding carboxylic acids is 1. The lowest BCUT2D eigenvalue weighted by atomic mass is 9.86. The Morgan fingerprint density at radius 2 is 1.86 bits per heavy atom. The summed E-state index contributed by atoms with van der Waals surface area (Å²) < 4.78 is 10.9. The monoisotopic (exact) mass is 278 g/mol. The van der Waals surface area contributed by atoms with Crippen LogP contribution in [0.15, 0.2) is 48.0 Å². The molecule has 0 bridgehead atoms. The molecule has 3 heteroatoms. The van der Waals surface area contributed by atoms with Crippen molar-refractivity contribution >= 4 is 11.9 Å². The van der Waals surface area contributed by atoms with Crippen molar-refractivity contribution in [3.8, 4) is 11.5 Å². The van der Waals surface area contributed by atoms with E-state index >= 15 is 0 Å². The fourth-order valence-corrected chi connectivity index (χ4v) is 2.91. The maximum absolute atomic E-state index is 12.6. The van der Waals surface area contributed by atoms with Crippen LogP contribution in [0.25, 0.3) is 6.08 Å². The highest BCUT2D eigenvalue weighted by atomic mass is 16.7. The van der Waals surface area contributed by atoms with Gasteiger partial charge in [-0.2, -0.15) is 0 Å². The van der Waals surface area contributed by atoms with Gasteiger partial charge >= 0.3 is 0 Å². The number of Topliss-reactive ketones (excluding diaryl/α,β-unsaturated/α-hetero) is 1. The topological polar surface area (TPSA) is 35.5 Å². The number of para-hydroxylation sites is 1. The Kier molecular flexibility index (Phi) is 2.78. The predicted octanol–water partition coefficient (Wildman–Crippen LogP) is 3.63. The Hall–Kier alpha value is -2.55. The zero-order valence-corrected chi connectivity index (χ0v) is 11.5. The first-order valence-electron chi connectivity index (χ1n) is 7.05. The molecule has 0 spiro atoms. The number of benzene rings is 2. The predicted molar refractivity (Wildman–Crippen MR) is 79.6 cm³/mol. The molecule has 2 aliphatic rings. The number of carbonyl (C=O) groups is 1. The van der Waals surface area contributed by atoms with Gasteiger partial charge in [0.1, 0.15) is 0 Å². The van der Waals surface area contributed by atoms with Crippen LogP contribution < -0.4 is 9.47 Å². The van der Waals surface area contributed by atoms with Gasteiger partial charge < -0.3 is 9.47 Å². The van der Waals surface area contributed by atoms with E-state index in [9.17, 15) is 4.79 Å². The Bertz CT molecular complexity index is 759. The van der Waals surface area contributed by atoms with Crippen molar-refractivity contribution in [3.63, 3.8) is 0 Å². The normalized spacial score (nSPS) is 17.9. The molecule has 0 saturated carbocycles. The first kappa shape index (κ1) is 12.2. The molecular weight excluding hydrogens is 264 g/mol. The summed E-state index contributed by atoms with van der Waals surface area (Å²) in [5.74, 6) is 1.60. The molecule has 1 heterocycles. The largest absolute Gasteiger partial charge is 0.454 e. The molecule has 4 rings (SSSR count). The van der Waals surface area contributed by atoms with E-state index in [4.69, 9.17) is 9.47 Å². The number of hydrogen-bond donors (Lipinski definition) is 0. The van der Waals surface area contributed by atoms with Gasteiger partial charge in [0, 0.05) is 16.7 Å². The van der Waals surface area contributed by atoms with Gasteiger partial charge in [0.25, 0.3) is 0 Å². The summed E-state index contributed by atoms with van der Waals surface area (Å²) in [5.41, 5.74) is 3.70. The average Bonchev–Trinajstić information content (AvgIpc) is 3.00. The van der Waals surface area contributed by atoms with Gasteiger partial charge in [-0.05, 0) is 30.5 Å². The number of rotatable bonds is 1. The van der Waals surface area contributed by atoms with Crippen LogP contribution in [0.1, 0.15) is 27.9 Å². The minimum Gasteiger partial charge on any atom is -0.454 e. The van der Waals surface area contributed by atoms with Crippen LogP contribution in [0.5, 0.6) is 11.5 Å². The molecule has 0 unspecified atom stereocenters. The Morgan fingerprint density at radius 3 is 2.81 bits per heavy atom. The van der Waals surface area contributed by atoms with Gasteiger partial charge in [-0.3, -0.25) is 4.79 Å². The molecule has 21 heavy (non-hydrogen) atoms. The van der Waals surface area contributed by atoms with Crippen LogP contribution in [0.3, 0.4) is 0 Å². The molecule has 104 valence electrons. The zero-order chi connectivity index (χ0) is 14.2. The van der Waals surface area contributed by atoms with Crippen LogP contribution in [-0.2, 0) is 6.42 Å². The summed E-state index contributed by atoms with van der Waals surface area (Å²) in [7, 11) is 0. The summed E-state index contributed by atoms with van der Waals surface area (Å²) in [4.78, 5) is 12.6. The molecule has 0 fully saturated rings. The lowest BCUT2D eigenvalue weighted by molar-refractivity contribution is 0.102. The second-order valence-corrected chi connectivity index (χ2v) is 5.24. The quantitative estimate of drug-likeness (QED) is 0.747. The number of aryl methyl sites for hydroxylation is 1. The van der Waals surface area contributed by atoms with E-state index in [1.807, 2.05) is 48.5 Å². The summed E-state index contributed by atoms with van der Waals surface area (Å²) in [5, 5.41) is 0. The summed E-state index contributed by atoms with van der Waals surface area (Å²) in [6, 6.07) is 13.6. The Balaban J connectivity index is 1.75. The molecule has 0 amide bonds. The molecule has 0 radical (unpaired) electrons. The lowest BCUT2D eigenvalue weighted by Gasteiger charge is -2.17. The molecular formula is C18H14O3. The zero-order valence-electron chi connectivity index (χ0n) is 11.5. The molecule has 0 atom stereocenters. The van der Waals surface area contributed by atoms with Crippen molar-refractivity contribution in [1.29, 1.82) is 0 Å². The minimum absolute atomic E-state index is 0.119. The molecule has 2 aromatic rings. The van der Waals surface area contributed by atoms with Crippen molar-refractivity contribution in [1.82, 2.24) is 0 Å². The average molecular weight is 278 g/mol. The molecule has 1 aliphatic carbocycles. The highest BCUT2D eigenvalue weighted by Crippen LogP contribution is 2.37. The van der Waals surface area contributed by atoms with E-state index in [0.29, 0.717) is 0 Å². The second kappa shape index (κ2) is 4.77. The van der Waals surface area contributed by atoms with E-state index in [-0.39, 0.29) is 12.6 Å². The third kappa shape index (κ3) is 2.02. The van der Waals surface area contributed by atoms with Crippen LogP contribution in [-0.4, -0.2) is 12.6 Å². The maximum atomic E-state index is 12.6. The summed E-state index contributed by atoms with van der Waals surface area (Å²) in [6.45, 7) is 0.242. The Labute approximate surface area is 122 Å². The van der Waals surface area contributed by atoms with Gasteiger partial charge in [0.2, 0.25) is 6.79 Å². The van der Waals surface area contributed by atoms with E-state index in [1.54, 1.807) is 0 Å². The highest BCUT2D eigenvalue weighted by Gasteiger charge is 2.23. The van der Waals surface area contributed by atoms with E-state index < -0.39 is 0 Å².